The van der Waals surface area contributed by atoms with E-state index in [-0.39, 0.29) is 29.3 Å². The first-order valence-electron chi connectivity index (χ1n) is 4.63. The summed E-state index contributed by atoms with van der Waals surface area (Å²) in [5.41, 5.74) is 0. The van der Waals surface area contributed by atoms with E-state index in [1.165, 1.54) is 5.01 Å². The summed E-state index contributed by atoms with van der Waals surface area (Å²) < 4.78 is 22.6. The quantitative estimate of drug-likeness (QED) is 0.513. The zero-order valence-corrected chi connectivity index (χ0v) is 10.4. The van der Waals surface area contributed by atoms with E-state index in [1.807, 2.05) is 0 Å². The molecule has 0 aromatic rings. The largest absolute Gasteiger partial charge is 0.272 e. The molecule has 1 amide bonds. The lowest BCUT2D eigenvalue weighted by Crippen LogP contribution is -2.49. The van der Waals surface area contributed by atoms with E-state index in [1.54, 1.807) is 19.1 Å². The Hall–Kier alpha value is -0.330. The molecule has 1 aliphatic heterocycles. The van der Waals surface area contributed by atoms with Gasteiger partial charge in [-0.15, -0.1) is 11.6 Å². The lowest BCUT2D eigenvalue weighted by Gasteiger charge is -2.33. The summed E-state index contributed by atoms with van der Waals surface area (Å²) in [6.45, 7) is 0. The molecular weight excluding hydrogens is 240 g/mol. The van der Waals surface area contributed by atoms with E-state index in [0.717, 1.165) is 0 Å². The van der Waals surface area contributed by atoms with Crippen molar-refractivity contribution in [3.8, 4) is 0 Å². The van der Waals surface area contributed by atoms with Gasteiger partial charge in [-0.1, -0.05) is 0 Å². The maximum atomic E-state index is 11.5. The number of nitrogens with zero attached hydrogens (tertiary/aromatic N) is 2. The smallest absolute Gasteiger partial charge is 0.252 e. The highest BCUT2D eigenvalue weighted by Gasteiger charge is 2.35. The van der Waals surface area contributed by atoms with E-state index < -0.39 is 9.84 Å². The van der Waals surface area contributed by atoms with Crippen LogP contribution in [-0.2, 0) is 14.6 Å². The van der Waals surface area contributed by atoms with Crippen LogP contribution in [-0.4, -0.2) is 61.9 Å². The molecular formula is C8H15ClN2O3S. The van der Waals surface area contributed by atoms with E-state index >= 15 is 0 Å². The number of halogens is 1. The Kier molecular flexibility index (Phi) is 3.97. The Balaban J connectivity index is 2.79. The molecule has 1 aliphatic rings. The normalized spacial score (nSPS) is 24.4. The summed E-state index contributed by atoms with van der Waals surface area (Å²) in [6, 6.07) is -0.267. The van der Waals surface area contributed by atoms with Gasteiger partial charge >= 0.3 is 0 Å². The second-order valence-electron chi connectivity index (χ2n) is 3.78. The molecule has 0 spiro atoms. The predicted molar refractivity (Wildman–Crippen MR) is 58.3 cm³/mol. The monoisotopic (exact) mass is 254 g/mol. The van der Waals surface area contributed by atoms with Crippen molar-refractivity contribution >= 4 is 27.3 Å². The summed E-state index contributed by atoms with van der Waals surface area (Å²) in [5, 5.41) is 3.02. The first kappa shape index (κ1) is 12.7. The van der Waals surface area contributed by atoms with Crippen LogP contribution in [0.1, 0.15) is 6.42 Å². The number of hydrogen-bond donors (Lipinski definition) is 0. The Morgan fingerprint density at radius 1 is 1.47 bits per heavy atom. The molecule has 1 heterocycles. The van der Waals surface area contributed by atoms with Crippen molar-refractivity contribution in [2.75, 3.05) is 31.5 Å². The summed E-state index contributed by atoms with van der Waals surface area (Å²) in [5.74, 6) is -0.205. The van der Waals surface area contributed by atoms with Crippen LogP contribution in [0.15, 0.2) is 0 Å². The zero-order chi connectivity index (χ0) is 11.6. The molecule has 88 valence electrons. The van der Waals surface area contributed by atoms with Gasteiger partial charge in [0.05, 0.1) is 17.5 Å². The molecule has 1 unspecified atom stereocenters. The van der Waals surface area contributed by atoms with Gasteiger partial charge in [-0.3, -0.25) is 9.80 Å². The third-order valence-corrected chi connectivity index (χ3v) is 4.33. The van der Waals surface area contributed by atoms with Gasteiger partial charge in [-0.25, -0.2) is 13.4 Å². The highest BCUT2D eigenvalue weighted by Crippen LogP contribution is 2.18. The highest BCUT2D eigenvalue weighted by atomic mass is 35.5. The molecule has 1 saturated heterocycles. The van der Waals surface area contributed by atoms with Crippen LogP contribution in [0.2, 0.25) is 0 Å². The van der Waals surface area contributed by atoms with Gasteiger partial charge < -0.3 is 0 Å². The zero-order valence-electron chi connectivity index (χ0n) is 8.81. The van der Waals surface area contributed by atoms with Crippen LogP contribution in [0, 0.1) is 0 Å². The number of hydrogen-bond acceptors (Lipinski definition) is 4. The maximum Gasteiger partial charge on any atom is 0.252 e. The fourth-order valence-electron chi connectivity index (χ4n) is 1.78. The molecule has 0 N–H and O–H groups in total. The summed E-state index contributed by atoms with van der Waals surface area (Å²) in [4.78, 5) is 11.5. The average molecular weight is 255 g/mol. The first-order chi connectivity index (χ1) is 6.87. The number of carbonyl (C=O) groups is 1. The van der Waals surface area contributed by atoms with Crippen LogP contribution >= 0.6 is 11.6 Å². The van der Waals surface area contributed by atoms with Crippen molar-refractivity contribution in [3.63, 3.8) is 0 Å². The third kappa shape index (κ3) is 3.06. The molecule has 0 aliphatic carbocycles. The average Bonchev–Trinajstić information content (AvgIpc) is 2.45. The first-order valence-corrected chi connectivity index (χ1v) is 6.98. The van der Waals surface area contributed by atoms with Crippen LogP contribution in [0.5, 0.6) is 0 Å². The minimum absolute atomic E-state index is 0.0355. The fourth-order valence-corrected chi connectivity index (χ4v) is 3.60. The fraction of sp³-hybridized carbons (Fsp3) is 0.875. The molecule has 15 heavy (non-hydrogen) atoms. The minimum Gasteiger partial charge on any atom is -0.272 e. The number of amides is 1. The van der Waals surface area contributed by atoms with Gasteiger partial charge in [0.2, 0.25) is 0 Å². The molecule has 7 heteroatoms. The summed E-state index contributed by atoms with van der Waals surface area (Å²) in [7, 11) is 0.428. The highest BCUT2D eigenvalue weighted by molar-refractivity contribution is 7.91. The minimum atomic E-state index is -2.98. The molecule has 0 aromatic heterocycles. The van der Waals surface area contributed by atoms with Gasteiger partial charge in [0.1, 0.15) is 5.88 Å². The second kappa shape index (κ2) is 4.67. The topological polar surface area (TPSA) is 57.7 Å². The number of carbonyl (C=O) groups excluding carboxylic acids is 1. The Labute approximate surface area is 94.9 Å². The number of hydrazine groups is 1. The maximum absolute atomic E-state index is 11.5. The van der Waals surface area contributed by atoms with Crippen molar-refractivity contribution in [2.24, 2.45) is 0 Å². The lowest BCUT2D eigenvalue weighted by atomic mass is 10.2. The number of sulfone groups is 1. The lowest BCUT2D eigenvalue weighted by molar-refractivity contribution is -0.145. The van der Waals surface area contributed by atoms with Crippen molar-refractivity contribution in [1.29, 1.82) is 0 Å². The molecule has 5 nitrogen and oxygen atoms in total. The van der Waals surface area contributed by atoms with Crippen molar-refractivity contribution in [1.82, 2.24) is 10.0 Å². The van der Waals surface area contributed by atoms with E-state index in [9.17, 15) is 13.2 Å². The van der Waals surface area contributed by atoms with E-state index in [2.05, 4.69) is 0 Å². The van der Waals surface area contributed by atoms with E-state index in [0.29, 0.717) is 6.42 Å². The van der Waals surface area contributed by atoms with Gasteiger partial charge in [0, 0.05) is 14.1 Å². The van der Waals surface area contributed by atoms with E-state index in [4.69, 9.17) is 11.6 Å². The van der Waals surface area contributed by atoms with Crippen molar-refractivity contribution < 1.29 is 13.2 Å². The molecule has 0 aromatic carbocycles. The molecule has 1 rings (SSSR count). The van der Waals surface area contributed by atoms with Gasteiger partial charge in [-0.2, -0.15) is 0 Å². The summed E-state index contributed by atoms with van der Waals surface area (Å²) >= 11 is 5.47. The van der Waals surface area contributed by atoms with Crippen LogP contribution in [0.25, 0.3) is 0 Å². The van der Waals surface area contributed by atoms with Crippen LogP contribution in [0.4, 0.5) is 0 Å². The molecule has 1 atom stereocenters. The number of rotatable bonds is 3. The van der Waals surface area contributed by atoms with Gasteiger partial charge in [0.25, 0.3) is 5.91 Å². The molecule has 0 radical (unpaired) electrons. The molecule has 0 saturated carbocycles. The Bertz CT molecular complexity index is 342. The predicted octanol–water partition coefficient (Wildman–Crippen LogP) is -0.283. The summed E-state index contributed by atoms with van der Waals surface area (Å²) in [6.07, 6.45) is 0.489. The van der Waals surface area contributed by atoms with Crippen LogP contribution in [0.3, 0.4) is 0 Å². The van der Waals surface area contributed by atoms with Crippen molar-refractivity contribution in [3.05, 3.63) is 0 Å². The molecule has 0 bridgehead atoms. The Morgan fingerprint density at radius 3 is 2.40 bits per heavy atom. The second-order valence-corrected chi connectivity index (χ2v) is 6.27. The molecule has 1 fully saturated rings. The van der Waals surface area contributed by atoms with Gasteiger partial charge in [-0.05, 0) is 6.42 Å². The van der Waals surface area contributed by atoms with Gasteiger partial charge in [0.15, 0.2) is 9.84 Å². The van der Waals surface area contributed by atoms with Crippen LogP contribution < -0.4 is 0 Å². The Morgan fingerprint density at radius 2 is 2.07 bits per heavy atom. The number of alkyl halides is 1. The van der Waals surface area contributed by atoms with Crippen molar-refractivity contribution in [2.45, 2.75) is 12.5 Å². The standard InChI is InChI=1S/C8H15ClN2O3S/c1-10(2)11(8(12)5-9)7-3-4-15(13,14)6-7/h7H,3-6H2,1-2H3. The SMILES string of the molecule is CN(C)N(C(=O)CCl)C1CCS(=O)(=O)C1. The third-order valence-electron chi connectivity index (χ3n) is 2.36.